The van der Waals surface area contributed by atoms with Gasteiger partial charge >= 0.3 is 0 Å². The van der Waals surface area contributed by atoms with Crippen LogP contribution in [0.25, 0.3) is 6.08 Å². The summed E-state index contributed by atoms with van der Waals surface area (Å²) in [6, 6.07) is 11.2. The van der Waals surface area contributed by atoms with Gasteiger partial charge in [0.2, 0.25) is 11.8 Å². The highest BCUT2D eigenvalue weighted by molar-refractivity contribution is 5.85. The fourth-order valence-corrected chi connectivity index (χ4v) is 3.22. The van der Waals surface area contributed by atoms with E-state index >= 15 is 0 Å². The van der Waals surface area contributed by atoms with E-state index in [1.165, 1.54) is 0 Å². The molecule has 2 aromatic carbocycles. The number of carbonyl (C=O) groups is 2. The Labute approximate surface area is 176 Å². The summed E-state index contributed by atoms with van der Waals surface area (Å²) >= 11 is 0. The molecule has 0 fully saturated rings. The minimum absolute atomic E-state index is 0.0693. The van der Waals surface area contributed by atoms with Gasteiger partial charge in [0.05, 0.1) is 27.8 Å². The molecule has 1 N–H and O–H groups in total. The van der Waals surface area contributed by atoms with Crippen molar-refractivity contribution in [3.05, 3.63) is 59.3 Å². The summed E-state index contributed by atoms with van der Waals surface area (Å²) in [4.78, 5) is 26.4. The van der Waals surface area contributed by atoms with Crippen molar-refractivity contribution in [3.8, 4) is 17.2 Å². The summed E-state index contributed by atoms with van der Waals surface area (Å²) < 4.78 is 15.8. The Kier molecular flexibility index (Phi) is 6.95. The van der Waals surface area contributed by atoms with Crippen molar-refractivity contribution in [1.29, 1.82) is 0 Å². The van der Waals surface area contributed by atoms with E-state index in [4.69, 9.17) is 14.2 Å². The first kappa shape index (κ1) is 21.2. The second-order valence-corrected chi connectivity index (χ2v) is 6.86. The Balaban J connectivity index is 1.56. The van der Waals surface area contributed by atoms with Crippen LogP contribution in [-0.4, -0.2) is 44.6 Å². The average Bonchev–Trinajstić information content (AvgIpc) is 2.93. The fourth-order valence-electron chi connectivity index (χ4n) is 3.22. The number of fused-ring (bicyclic) bond motifs is 1. The van der Waals surface area contributed by atoms with Crippen LogP contribution >= 0.6 is 0 Å². The number of nitrogens with zero attached hydrogens (tertiary/aromatic N) is 1. The van der Waals surface area contributed by atoms with Crippen LogP contribution in [0.1, 0.15) is 23.1 Å². The van der Waals surface area contributed by atoms with E-state index in [1.54, 1.807) is 32.4 Å². The van der Waals surface area contributed by atoms with Gasteiger partial charge in [0, 0.05) is 25.7 Å². The fraction of sp³-hybridized carbons (Fsp3) is 0.304. The molecule has 7 heteroatoms. The van der Waals surface area contributed by atoms with E-state index in [-0.39, 0.29) is 24.7 Å². The number of methoxy groups -OCH3 is 3. The second-order valence-electron chi connectivity index (χ2n) is 6.86. The van der Waals surface area contributed by atoms with Crippen LogP contribution in [0.15, 0.2) is 42.6 Å². The van der Waals surface area contributed by atoms with E-state index in [9.17, 15) is 9.59 Å². The molecule has 0 aliphatic carbocycles. The largest absolute Gasteiger partial charge is 0.497 e. The van der Waals surface area contributed by atoms with Crippen LogP contribution in [0.3, 0.4) is 0 Å². The van der Waals surface area contributed by atoms with Crippen molar-refractivity contribution < 1.29 is 23.8 Å². The van der Waals surface area contributed by atoms with Gasteiger partial charge in [-0.25, -0.2) is 0 Å². The SMILES string of the molecule is COc1ccc(CNC(=O)CCN2C=Cc3cc(OC)c(OC)cc3CC2=O)cc1. The van der Waals surface area contributed by atoms with Crippen molar-refractivity contribution in [2.45, 2.75) is 19.4 Å². The van der Waals surface area contributed by atoms with E-state index in [0.29, 0.717) is 24.6 Å². The highest BCUT2D eigenvalue weighted by atomic mass is 16.5. The number of hydrogen-bond acceptors (Lipinski definition) is 5. The van der Waals surface area contributed by atoms with E-state index in [2.05, 4.69) is 5.32 Å². The zero-order valence-corrected chi connectivity index (χ0v) is 17.4. The molecular formula is C23H26N2O5. The van der Waals surface area contributed by atoms with Gasteiger partial charge in [-0.3, -0.25) is 9.59 Å². The van der Waals surface area contributed by atoms with Crippen molar-refractivity contribution in [2.75, 3.05) is 27.9 Å². The quantitative estimate of drug-likeness (QED) is 0.724. The summed E-state index contributed by atoms with van der Waals surface area (Å²) in [5.74, 6) is 1.79. The summed E-state index contributed by atoms with van der Waals surface area (Å²) in [6.07, 6.45) is 4.03. The van der Waals surface area contributed by atoms with Gasteiger partial charge < -0.3 is 24.4 Å². The highest BCUT2D eigenvalue weighted by Gasteiger charge is 2.20. The molecule has 30 heavy (non-hydrogen) atoms. The lowest BCUT2D eigenvalue weighted by Gasteiger charge is -2.17. The smallest absolute Gasteiger partial charge is 0.230 e. The number of rotatable bonds is 8. The van der Waals surface area contributed by atoms with Crippen LogP contribution in [0.2, 0.25) is 0 Å². The lowest BCUT2D eigenvalue weighted by molar-refractivity contribution is -0.128. The van der Waals surface area contributed by atoms with Crippen LogP contribution in [0.4, 0.5) is 0 Å². The lowest BCUT2D eigenvalue weighted by atomic mass is 10.0. The number of ether oxygens (including phenoxy) is 3. The minimum atomic E-state index is -0.114. The van der Waals surface area contributed by atoms with Gasteiger partial charge in [0.25, 0.3) is 0 Å². The molecule has 0 spiro atoms. The molecule has 0 saturated carbocycles. The maximum absolute atomic E-state index is 12.6. The molecule has 0 saturated heterocycles. The van der Waals surface area contributed by atoms with Crippen molar-refractivity contribution in [1.82, 2.24) is 10.2 Å². The molecule has 1 aliphatic rings. The van der Waals surface area contributed by atoms with E-state index < -0.39 is 0 Å². The monoisotopic (exact) mass is 410 g/mol. The molecule has 0 atom stereocenters. The van der Waals surface area contributed by atoms with Gasteiger partial charge in [-0.15, -0.1) is 0 Å². The first-order valence-corrected chi connectivity index (χ1v) is 9.66. The number of benzene rings is 2. The lowest BCUT2D eigenvalue weighted by Crippen LogP contribution is -2.32. The average molecular weight is 410 g/mol. The van der Waals surface area contributed by atoms with Gasteiger partial charge in [-0.1, -0.05) is 12.1 Å². The minimum Gasteiger partial charge on any atom is -0.497 e. The van der Waals surface area contributed by atoms with Crippen LogP contribution in [0.5, 0.6) is 17.2 Å². The van der Waals surface area contributed by atoms with Crippen LogP contribution in [0, 0.1) is 0 Å². The summed E-state index contributed by atoms with van der Waals surface area (Å²) in [5, 5.41) is 2.88. The highest BCUT2D eigenvalue weighted by Crippen LogP contribution is 2.32. The molecule has 2 aromatic rings. The topological polar surface area (TPSA) is 77.1 Å². The maximum Gasteiger partial charge on any atom is 0.230 e. The number of carbonyl (C=O) groups excluding carboxylic acids is 2. The van der Waals surface area contributed by atoms with Crippen LogP contribution < -0.4 is 19.5 Å². The number of amides is 2. The Morgan fingerprint density at radius 3 is 2.40 bits per heavy atom. The first-order valence-electron chi connectivity index (χ1n) is 9.66. The Hall–Kier alpha value is -3.48. The third kappa shape index (κ3) is 5.11. The van der Waals surface area contributed by atoms with Crippen LogP contribution in [-0.2, 0) is 22.6 Å². The molecule has 1 aliphatic heterocycles. The molecule has 158 valence electrons. The maximum atomic E-state index is 12.6. The van der Waals surface area contributed by atoms with Crippen molar-refractivity contribution >= 4 is 17.9 Å². The molecule has 7 nitrogen and oxygen atoms in total. The zero-order chi connectivity index (χ0) is 21.5. The Morgan fingerprint density at radius 1 is 1.03 bits per heavy atom. The van der Waals surface area contributed by atoms with Crippen molar-refractivity contribution in [3.63, 3.8) is 0 Å². The third-order valence-electron chi connectivity index (χ3n) is 4.97. The Morgan fingerprint density at radius 2 is 1.73 bits per heavy atom. The van der Waals surface area contributed by atoms with Gasteiger partial charge in [0.1, 0.15) is 5.75 Å². The zero-order valence-electron chi connectivity index (χ0n) is 17.4. The van der Waals surface area contributed by atoms with Crippen molar-refractivity contribution in [2.24, 2.45) is 0 Å². The predicted octanol–water partition coefficient (Wildman–Crippen LogP) is 2.77. The van der Waals surface area contributed by atoms with Gasteiger partial charge in [-0.05, 0) is 47.0 Å². The summed E-state index contributed by atoms with van der Waals surface area (Å²) in [6.45, 7) is 0.740. The summed E-state index contributed by atoms with van der Waals surface area (Å²) in [5.41, 5.74) is 2.74. The molecule has 2 amide bonds. The number of nitrogens with one attached hydrogen (secondary N) is 1. The van der Waals surface area contributed by atoms with Gasteiger partial charge in [0.15, 0.2) is 11.5 Å². The second kappa shape index (κ2) is 9.82. The third-order valence-corrected chi connectivity index (χ3v) is 4.97. The Bertz CT molecular complexity index is 937. The summed E-state index contributed by atoms with van der Waals surface area (Å²) in [7, 11) is 4.75. The molecule has 0 aromatic heterocycles. The number of hydrogen-bond donors (Lipinski definition) is 1. The predicted molar refractivity (Wildman–Crippen MR) is 113 cm³/mol. The first-order chi connectivity index (χ1) is 14.5. The molecule has 3 rings (SSSR count). The molecule has 0 radical (unpaired) electrons. The molecule has 1 heterocycles. The van der Waals surface area contributed by atoms with E-state index in [0.717, 1.165) is 22.4 Å². The van der Waals surface area contributed by atoms with E-state index in [1.807, 2.05) is 42.5 Å². The molecular weight excluding hydrogens is 384 g/mol. The van der Waals surface area contributed by atoms with Gasteiger partial charge in [-0.2, -0.15) is 0 Å². The molecule has 0 bridgehead atoms. The normalized spacial score (nSPS) is 12.8. The standard InChI is InChI=1S/C23H26N2O5/c1-28-19-6-4-16(5-7-19)15-24-22(26)9-11-25-10-8-17-12-20(29-2)21(30-3)13-18(17)14-23(25)27/h4-8,10,12-13H,9,11,14-15H2,1-3H3,(H,24,26). The molecule has 0 unspecified atom stereocenters.